The summed E-state index contributed by atoms with van der Waals surface area (Å²) in [7, 11) is 0. The maximum atomic E-state index is 12.2. The Kier molecular flexibility index (Phi) is 3.64. The van der Waals surface area contributed by atoms with Gasteiger partial charge in [0.1, 0.15) is 5.69 Å². The Morgan fingerprint density at radius 2 is 2.25 bits per heavy atom. The van der Waals surface area contributed by atoms with Crippen molar-refractivity contribution in [3.63, 3.8) is 0 Å². The lowest BCUT2D eigenvalue weighted by Crippen LogP contribution is -1.96. The second kappa shape index (κ2) is 4.32. The first-order valence-electron chi connectivity index (χ1n) is 3.13. The Balaban J connectivity index is 3.11. The smallest absolute Gasteiger partial charge is 0.254 e. The molecule has 1 rings (SSSR count). The molecular formula is C7H5ClF2IN. The number of alkyl halides is 3. The summed E-state index contributed by atoms with van der Waals surface area (Å²) in [6, 6.07) is 1.61. The SMILES string of the molecule is FC(F)c1ncc(I)cc1CCl. The summed E-state index contributed by atoms with van der Waals surface area (Å²) in [4.78, 5) is 3.61. The van der Waals surface area contributed by atoms with E-state index in [0.29, 0.717) is 5.56 Å². The summed E-state index contributed by atoms with van der Waals surface area (Å²) in [5.41, 5.74) is 0.184. The average Bonchev–Trinajstić information content (AvgIpc) is 2.03. The van der Waals surface area contributed by atoms with Crippen LogP contribution in [-0.2, 0) is 5.88 Å². The summed E-state index contributed by atoms with van der Waals surface area (Å²) in [5.74, 6) is 0.0729. The lowest BCUT2D eigenvalue weighted by atomic mass is 10.2. The van der Waals surface area contributed by atoms with E-state index in [1.165, 1.54) is 6.20 Å². The van der Waals surface area contributed by atoms with Crippen LogP contribution in [0.1, 0.15) is 17.7 Å². The minimum Gasteiger partial charge on any atom is -0.254 e. The third-order valence-corrected chi connectivity index (χ3v) is 2.20. The fourth-order valence-electron chi connectivity index (χ4n) is 0.795. The Morgan fingerprint density at radius 1 is 1.58 bits per heavy atom. The van der Waals surface area contributed by atoms with E-state index in [1.807, 2.05) is 22.6 Å². The topological polar surface area (TPSA) is 12.9 Å². The van der Waals surface area contributed by atoms with Gasteiger partial charge in [0.2, 0.25) is 0 Å². The van der Waals surface area contributed by atoms with Gasteiger partial charge < -0.3 is 0 Å². The van der Waals surface area contributed by atoms with E-state index in [9.17, 15) is 8.78 Å². The van der Waals surface area contributed by atoms with Crippen molar-refractivity contribution in [2.24, 2.45) is 0 Å². The first-order valence-corrected chi connectivity index (χ1v) is 4.75. The third-order valence-electron chi connectivity index (χ3n) is 1.32. The number of aromatic nitrogens is 1. The number of nitrogens with zero attached hydrogens (tertiary/aromatic N) is 1. The van der Waals surface area contributed by atoms with Gasteiger partial charge in [-0.15, -0.1) is 11.6 Å². The number of pyridine rings is 1. The van der Waals surface area contributed by atoms with Gasteiger partial charge in [0.15, 0.2) is 0 Å². The first-order chi connectivity index (χ1) is 5.65. The monoisotopic (exact) mass is 303 g/mol. The molecule has 0 aliphatic heterocycles. The molecule has 0 atom stereocenters. The molecule has 0 fully saturated rings. The van der Waals surface area contributed by atoms with E-state index in [2.05, 4.69) is 4.98 Å². The maximum Gasteiger partial charge on any atom is 0.280 e. The molecule has 1 aromatic rings. The van der Waals surface area contributed by atoms with E-state index in [-0.39, 0.29) is 11.6 Å². The minimum absolute atomic E-state index is 0.0729. The zero-order valence-electron chi connectivity index (χ0n) is 5.90. The lowest BCUT2D eigenvalue weighted by Gasteiger charge is -2.04. The van der Waals surface area contributed by atoms with Crippen LogP contribution >= 0.6 is 34.2 Å². The van der Waals surface area contributed by atoms with Crippen molar-refractivity contribution in [2.75, 3.05) is 0 Å². The first kappa shape index (κ1) is 10.1. The zero-order valence-corrected chi connectivity index (χ0v) is 8.81. The van der Waals surface area contributed by atoms with Crippen molar-refractivity contribution < 1.29 is 8.78 Å². The predicted octanol–water partition coefficient (Wildman–Crippen LogP) is 3.36. The van der Waals surface area contributed by atoms with Crippen LogP contribution < -0.4 is 0 Å². The van der Waals surface area contributed by atoms with E-state index in [0.717, 1.165) is 3.57 Å². The van der Waals surface area contributed by atoms with Crippen LogP contribution in [0.4, 0.5) is 8.78 Å². The van der Waals surface area contributed by atoms with Crippen molar-refractivity contribution in [3.8, 4) is 0 Å². The Morgan fingerprint density at radius 3 is 2.75 bits per heavy atom. The highest BCUT2D eigenvalue weighted by Crippen LogP contribution is 2.23. The van der Waals surface area contributed by atoms with Crippen molar-refractivity contribution in [1.82, 2.24) is 4.98 Å². The van der Waals surface area contributed by atoms with E-state index < -0.39 is 6.43 Å². The number of halogens is 4. The molecule has 1 heterocycles. The van der Waals surface area contributed by atoms with Gasteiger partial charge in [-0.2, -0.15) is 0 Å². The van der Waals surface area contributed by atoms with Crippen LogP contribution in [0.25, 0.3) is 0 Å². The molecule has 0 saturated heterocycles. The molecule has 5 heteroatoms. The molecule has 0 aliphatic rings. The van der Waals surface area contributed by atoms with Gasteiger partial charge in [0, 0.05) is 15.6 Å². The van der Waals surface area contributed by atoms with E-state index in [1.54, 1.807) is 6.07 Å². The molecule has 12 heavy (non-hydrogen) atoms. The quantitative estimate of drug-likeness (QED) is 0.603. The third kappa shape index (κ3) is 2.26. The highest BCUT2D eigenvalue weighted by atomic mass is 127. The molecule has 0 spiro atoms. The largest absolute Gasteiger partial charge is 0.280 e. The fourth-order valence-corrected chi connectivity index (χ4v) is 1.52. The van der Waals surface area contributed by atoms with E-state index in [4.69, 9.17) is 11.6 Å². The Bertz CT molecular complexity index is 280. The van der Waals surface area contributed by atoms with Crippen LogP contribution in [-0.4, -0.2) is 4.98 Å². The minimum atomic E-state index is -2.55. The molecule has 0 bridgehead atoms. The van der Waals surface area contributed by atoms with Crippen molar-refractivity contribution >= 4 is 34.2 Å². The van der Waals surface area contributed by atoms with Gasteiger partial charge >= 0.3 is 0 Å². The van der Waals surface area contributed by atoms with Crippen LogP contribution in [0.5, 0.6) is 0 Å². The number of hydrogen-bond donors (Lipinski definition) is 0. The molecule has 0 N–H and O–H groups in total. The van der Waals surface area contributed by atoms with Gasteiger partial charge in [0.05, 0.1) is 0 Å². The summed E-state index contributed by atoms with van der Waals surface area (Å²) in [6.07, 6.45) is -1.14. The zero-order chi connectivity index (χ0) is 9.14. The Hall–Kier alpha value is 0.0300. The molecule has 0 unspecified atom stereocenters. The van der Waals surface area contributed by atoms with Gasteiger partial charge in [0.25, 0.3) is 6.43 Å². The molecule has 0 aliphatic carbocycles. The van der Waals surface area contributed by atoms with Gasteiger partial charge in [-0.25, -0.2) is 8.78 Å². The molecule has 66 valence electrons. The summed E-state index contributed by atoms with van der Waals surface area (Å²) >= 11 is 7.47. The molecular weight excluding hydrogens is 298 g/mol. The predicted molar refractivity (Wildman–Crippen MR) is 51.5 cm³/mol. The van der Waals surface area contributed by atoms with Crippen LogP contribution in [0.2, 0.25) is 0 Å². The molecule has 0 radical (unpaired) electrons. The molecule has 1 nitrogen and oxygen atoms in total. The Labute approximate surface area is 87.3 Å². The number of rotatable bonds is 2. The molecule has 0 saturated carbocycles. The van der Waals surface area contributed by atoms with Crippen LogP contribution in [0.3, 0.4) is 0 Å². The highest BCUT2D eigenvalue weighted by Gasteiger charge is 2.13. The standard InChI is InChI=1S/C7H5ClF2IN/c8-2-4-1-5(11)3-12-6(4)7(9)10/h1,3,7H,2H2. The van der Waals surface area contributed by atoms with E-state index >= 15 is 0 Å². The van der Waals surface area contributed by atoms with Crippen LogP contribution in [0, 0.1) is 3.57 Å². The molecule has 0 aromatic carbocycles. The van der Waals surface area contributed by atoms with Gasteiger partial charge in [-0.1, -0.05) is 0 Å². The summed E-state index contributed by atoms with van der Waals surface area (Å²) in [5, 5.41) is 0. The normalized spacial score (nSPS) is 10.8. The molecule has 1 aromatic heterocycles. The number of hydrogen-bond acceptors (Lipinski definition) is 1. The van der Waals surface area contributed by atoms with Gasteiger partial charge in [-0.05, 0) is 34.2 Å². The highest BCUT2D eigenvalue weighted by molar-refractivity contribution is 14.1. The van der Waals surface area contributed by atoms with Gasteiger partial charge in [-0.3, -0.25) is 4.98 Å². The van der Waals surface area contributed by atoms with Crippen molar-refractivity contribution in [1.29, 1.82) is 0 Å². The second-order valence-electron chi connectivity index (χ2n) is 2.13. The van der Waals surface area contributed by atoms with Crippen molar-refractivity contribution in [3.05, 3.63) is 27.1 Å². The maximum absolute atomic E-state index is 12.2. The van der Waals surface area contributed by atoms with Crippen LogP contribution in [0.15, 0.2) is 12.3 Å². The summed E-state index contributed by atoms with van der Waals surface area (Å²) in [6.45, 7) is 0. The lowest BCUT2D eigenvalue weighted by molar-refractivity contribution is 0.145. The fraction of sp³-hybridized carbons (Fsp3) is 0.286. The summed E-state index contributed by atoms with van der Waals surface area (Å²) < 4.78 is 25.3. The van der Waals surface area contributed by atoms with Crippen molar-refractivity contribution in [2.45, 2.75) is 12.3 Å². The molecule has 0 amide bonds. The second-order valence-corrected chi connectivity index (χ2v) is 3.65. The average molecular weight is 303 g/mol.